The number of likely N-dealkylation sites (tertiary alicyclic amines) is 1. The Morgan fingerprint density at radius 3 is 2.81 bits per heavy atom. The van der Waals surface area contributed by atoms with Gasteiger partial charge in [-0.2, -0.15) is 0 Å². The molecular weight excluding hydrogens is 264 g/mol. The van der Waals surface area contributed by atoms with Gasteiger partial charge in [0.2, 0.25) is 0 Å². The van der Waals surface area contributed by atoms with Crippen LogP contribution in [0, 0.1) is 5.92 Å². The van der Waals surface area contributed by atoms with Crippen LogP contribution in [0.15, 0.2) is 30.3 Å². The first-order chi connectivity index (χ1) is 10.1. The molecule has 0 bridgehead atoms. The summed E-state index contributed by atoms with van der Waals surface area (Å²) in [6, 6.07) is 9.83. The lowest BCUT2D eigenvalue weighted by molar-refractivity contribution is 0.0770. The molecule has 1 fully saturated rings. The van der Waals surface area contributed by atoms with Crippen LogP contribution in [0.5, 0.6) is 0 Å². The smallest absolute Gasteiger partial charge is 0.410 e. The van der Waals surface area contributed by atoms with Gasteiger partial charge >= 0.3 is 6.09 Å². The maximum absolute atomic E-state index is 12.1. The number of ether oxygens (including phenoxy) is 1. The van der Waals surface area contributed by atoms with Crippen LogP contribution < -0.4 is 0 Å². The van der Waals surface area contributed by atoms with E-state index in [1.165, 1.54) is 6.42 Å². The van der Waals surface area contributed by atoms with Crippen molar-refractivity contribution in [2.24, 2.45) is 5.92 Å². The van der Waals surface area contributed by atoms with E-state index in [0.29, 0.717) is 12.5 Å². The van der Waals surface area contributed by atoms with Gasteiger partial charge < -0.3 is 14.5 Å². The standard InChI is InChI=1S/C17H26N2O2/c1-18(2)12-10-15-9-6-11-19(13-15)17(20)21-14-16-7-4-3-5-8-16/h3-5,7-8,15H,6,9-14H2,1-2H3. The highest BCUT2D eigenvalue weighted by Gasteiger charge is 2.24. The first kappa shape index (κ1) is 15.8. The van der Waals surface area contributed by atoms with E-state index >= 15 is 0 Å². The molecule has 1 aliphatic rings. The van der Waals surface area contributed by atoms with Gasteiger partial charge in [-0.3, -0.25) is 0 Å². The first-order valence-electron chi connectivity index (χ1n) is 7.75. The molecular formula is C17H26N2O2. The normalized spacial score (nSPS) is 18.8. The SMILES string of the molecule is CN(C)CCC1CCCN(C(=O)OCc2ccccc2)C1. The van der Waals surface area contributed by atoms with Crippen molar-refractivity contribution >= 4 is 6.09 Å². The molecule has 0 saturated carbocycles. The highest BCUT2D eigenvalue weighted by molar-refractivity contribution is 5.67. The summed E-state index contributed by atoms with van der Waals surface area (Å²) >= 11 is 0. The second-order valence-electron chi connectivity index (χ2n) is 6.09. The fourth-order valence-electron chi connectivity index (χ4n) is 2.72. The minimum atomic E-state index is -0.173. The summed E-state index contributed by atoms with van der Waals surface area (Å²) in [5, 5.41) is 0. The summed E-state index contributed by atoms with van der Waals surface area (Å²) in [5.41, 5.74) is 1.03. The van der Waals surface area contributed by atoms with Crippen LogP contribution in [0.4, 0.5) is 4.79 Å². The molecule has 0 aromatic heterocycles. The topological polar surface area (TPSA) is 32.8 Å². The van der Waals surface area contributed by atoms with Gasteiger partial charge in [0.1, 0.15) is 6.61 Å². The molecule has 1 saturated heterocycles. The van der Waals surface area contributed by atoms with Crippen LogP contribution >= 0.6 is 0 Å². The zero-order chi connectivity index (χ0) is 15.1. The molecule has 1 aromatic rings. The van der Waals surface area contributed by atoms with Crippen molar-refractivity contribution in [2.75, 3.05) is 33.7 Å². The minimum absolute atomic E-state index is 0.173. The molecule has 4 heteroatoms. The molecule has 1 aliphatic heterocycles. The van der Waals surface area contributed by atoms with Gasteiger partial charge in [0.05, 0.1) is 0 Å². The van der Waals surface area contributed by atoms with E-state index in [0.717, 1.165) is 38.0 Å². The van der Waals surface area contributed by atoms with E-state index in [1.54, 1.807) is 0 Å². The molecule has 21 heavy (non-hydrogen) atoms. The third-order valence-corrected chi connectivity index (χ3v) is 3.97. The number of hydrogen-bond donors (Lipinski definition) is 0. The number of piperidine rings is 1. The van der Waals surface area contributed by atoms with Crippen molar-refractivity contribution in [1.82, 2.24) is 9.80 Å². The fourth-order valence-corrected chi connectivity index (χ4v) is 2.72. The highest BCUT2D eigenvalue weighted by atomic mass is 16.6. The second-order valence-corrected chi connectivity index (χ2v) is 6.09. The van der Waals surface area contributed by atoms with Crippen molar-refractivity contribution in [3.63, 3.8) is 0 Å². The van der Waals surface area contributed by atoms with Crippen LogP contribution in [0.3, 0.4) is 0 Å². The third-order valence-electron chi connectivity index (χ3n) is 3.97. The van der Waals surface area contributed by atoms with E-state index in [2.05, 4.69) is 19.0 Å². The molecule has 0 aliphatic carbocycles. The number of carbonyl (C=O) groups is 1. The third kappa shape index (κ3) is 5.38. The molecule has 4 nitrogen and oxygen atoms in total. The van der Waals surface area contributed by atoms with Crippen molar-refractivity contribution < 1.29 is 9.53 Å². The van der Waals surface area contributed by atoms with Crippen LogP contribution in [0.2, 0.25) is 0 Å². The Balaban J connectivity index is 1.76. The number of rotatable bonds is 5. The zero-order valence-electron chi connectivity index (χ0n) is 13.1. The van der Waals surface area contributed by atoms with Gasteiger partial charge in [0.25, 0.3) is 0 Å². The molecule has 1 amide bonds. The molecule has 0 spiro atoms. The Hall–Kier alpha value is -1.55. The minimum Gasteiger partial charge on any atom is -0.445 e. The predicted molar refractivity (Wildman–Crippen MR) is 84.1 cm³/mol. The number of nitrogens with zero attached hydrogens (tertiary/aromatic N) is 2. The van der Waals surface area contributed by atoms with Crippen molar-refractivity contribution in [3.05, 3.63) is 35.9 Å². The highest BCUT2D eigenvalue weighted by Crippen LogP contribution is 2.20. The average molecular weight is 290 g/mol. The van der Waals surface area contributed by atoms with Crippen LogP contribution in [0.1, 0.15) is 24.8 Å². The summed E-state index contributed by atoms with van der Waals surface area (Å²) in [7, 11) is 4.18. The van der Waals surface area contributed by atoms with Crippen molar-refractivity contribution in [1.29, 1.82) is 0 Å². The number of carbonyl (C=O) groups excluding carboxylic acids is 1. The summed E-state index contributed by atoms with van der Waals surface area (Å²) in [6.45, 7) is 3.10. The Morgan fingerprint density at radius 2 is 2.10 bits per heavy atom. The molecule has 1 aromatic carbocycles. The molecule has 0 radical (unpaired) electrons. The Labute approximate surface area is 127 Å². The summed E-state index contributed by atoms with van der Waals surface area (Å²) in [4.78, 5) is 16.2. The summed E-state index contributed by atoms with van der Waals surface area (Å²) < 4.78 is 5.42. The van der Waals surface area contributed by atoms with Crippen LogP contribution in [0.25, 0.3) is 0 Å². The van der Waals surface area contributed by atoms with Gasteiger partial charge in [0.15, 0.2) is 0 Å². The monoisotopic (exact) mass is 290 g/mol. The molecule has 1 heterocycles. The molecule has 1 atom stereocenters. The van der Waals surface area contributed by atoms with E-state index < -0.39 is 0 Å². The number of benzene rings is 1. The summed E-state index contributed by atoms with van der Waals surface area (Å²) in [5.74, 6) is 0.602. The molecule has 2 rings (SSSR count). The van der Waals surface area contributed by atoms with Gasteiger partial charge in [-0.05, 0) is 51.4 Å². The Morgan fingerprint density at radius 1 is 1.33 bits per heavy atom. The maximum atomic E-state index is 12.1. The number of hydrogen-bond acceptors (Lipinski definition) is 3. The Kier molecular flexibility index (Phi) is 6.05. The van der Waals surface area contributed by atoms with Gasteiger partial charge in [-0.25, -0.2) is 4.79 Å². The lowest BCUT2D eigenvalue weighted by Crippen LogP contribution is -2.40. The van der Waals surface area contributed by atoms with Crippen molar-refractivity contribution in [3.8, 4) is 0 Å². The van der Waals surface area contributed by atoms with Gasteiger partial charge in [0, 0.05) is 13.1 Å². The molecule has 116 valence electrons. The quantitative estimate of drug-likeness (QED) is 0.836. The zero-order valence-corrected chi connectivity index (χ0v) is 13.1. The predicted octanol–water partition coefficient (Wildman–Crippen LogP) is 2.99. The van der Waals surface area contributed by atoms with E-state index in [4.69, 9.17) is 4.74 Å². The largest absolute Gasteiger partial charge is 0.445 e. The molecule has 1 unspecified atom stereocenters. The lowest BCUT2D eigenvalue weighted by atomic mass is 9.95. The van der Waals surface area contributed by atoms with Crippen LogP contribution in [-0.2, 0) is 11.3 Å². The lowest BCUT2D eigenvalue weighted by Gasteiger charge is -2.32. The second kappa shape index (κ2) is 8.03. The summed E-state index contributed by atoms with van der Waals surface area (Å²) in [6.07, 6.45) is 3.28. The number of amides is 1. The average Bonchev–Trinajstić information content (AvgIpc) is 2.52. The molecule has 0 N–H and O–H groups in total. The maximum Gasteiger partial charge on any atom is 0.410 e. The Bertz CT molecular complexity index is 434. The van der Waals surface area contributed by atoms with E-state index in [1.807, 2.05) is 35.2 Å². The van der Waals surface area contributed by atoms with Gasteiger partial charge in [-0.1, -0.05) is 30.3 Å². The van der Waals surface area contributed by atoms with Crippen molar-refractivity contribution in [2.45, 2.75) is 25.9 Å². The fraction of sp³-hybridized carbons (Fsp3) is 0.588. The van der Waals surface area contributed by atoms with Gasteiger partial charge in [-0.15, -0.1) is 0 Å². The first-order valence-corrected chi connectivity index (χ1v) is 7.75. The van der Waals surface area contributed by atoms with Crippen LogP contribution in [-0.4, -0.2) is 49.6 Å². The van der Waals surface area contributed by atoms with E-state index in [9.17, 15) is 4.79 Å². The van der Waals surface area contributed by atoms with E-state index in [-0.39, 0.29) is 6.09 Å².